The summed E-state index contributed by atoms with van der Waals surface area (Å²) in [6.07, 6.45) is 15.7. The maximum Gasteiger partial charge on any atom is -0.00162 e. The molecule has 0 aliphatic heterocycles. The number of unbranched alkanes of at least 4 members (excludes halogenated alkanes) is 1. The molecule has 0 aromatic heterocycles. The topological polar surface area (TPSA) is 0 Å². The van der Waals surface area contributed by atoms with Crippen molar-refractivity contribution >= 4 is 0 Å². The highest BCUT2D eigenvalue weighted by Crippen LogP contribution is 2.38. The normalized spacial score (nSPS) is 27.5. The van der Waals surface area contributed by atoms with Crippen LogP contribution in [0.5, 0.6) is 0 Å². The Balaban J connectivity index is 1.83. The molecule has 2 aliphatic carbocycles. The molecule has 0 spiro atoms. The number of hydrogen-bond acceptors (Lipinski definition) is 0. The summed E-state index contributed by atoms with van der Waals surface area (Å²) in [5.41, 5.74) is 1.60. The Hall–Kier alpha value is -0.520. The van der Waals surface area contributed by atoms with Gasteiger partial charge in [0.05, 0.1) is 0 Å². The maximum atomic E-state index is 2.51. The highest BCUT2D eigenvalue weighted by molar-refractivity contribution is 5.29. The summed E-state index contributed by atoms with van der Waals surface area (Å²) in [5, 5.41) is 0. The van der Waals surface area contributed by atoms with Crippen LogP contribution in [-0.2, 0) is 0 Å². The fourth-order valence-corrected chi connectivity index (χ4v) is 2.26. The molecule has 72 valence electrons. The van der Waals surface area contributed by atoms with Crippen molar-refractivity contribution in [1.29, 1.82) is 0 Å². The summed E-state index contributed by atoms with van der Waals surface area (Å²) in [4.78, 5) is 0. The van der Waals surface area contributed by atoms with E-state index in [9.17, 15) is 0 Å². The molecular weight excluding hydrogens is 156 g/mol. The average Bonchev–Trinajstić information content (AvgIpc) is 2.46. The average molecular weight is 176 g/mol. The Kier molecular flexibility index (Phi) is 2.87. The Morgan fingerprint density at radius 3 is 2.85 bits per heavy atom. The maximum absolute atomic E-state index is 2.51. The van der Waals surface area contributed by atoms with Crippen molar-refractivity contribution in [3.63, 3.8) is 0 Å². The highest BCUT2D eigenvalue weighted by Gasteiger charge is 2.25. The van der Waals surface area contributed by atoms with Gasteiger partial charge in [-0.1, -0.05) is 43.6 Å². The quantitative estimate of drug-likeness (QED) is 0.605. The van der Waals surface area contributed by atoms with Crippen molar-refractivity contribution < 1.29 is 0 Å². The molecule has 0 amide bonds. The third-order valence-corrected chi connectivity index (χ3v) is 3.45. The lowest BCUT2D eigenvalue weighted by Gasteiger charge is -2.29. The van der Waals surface area contributed by atoms with E-state index >= 15 is 0 Å². The zero-order valence-corrected chi connectivity index (χ0v) is 8.63. The first-order chi connectivity index (χ1) is 6.40. The van der Waals surface area contributed by atoms with E-state index < -0.39 is 0 Å². The standard InChI is InChI=1S/C13H20/c1-2-3-5-11-8-9-13(10-11)12-6-4-7-12/h8-10,12-13H,2-7H2,1H3. The Bertz CT molecular complexity index is 218. The van der Waals surface area contributed by atoms with Gasteiger partial charge >= 0.3 is 0 Å². The summed E-state index contributed by atoms with van der Waals surface area (Å²) in [6.45, 7) is 2.27. The van der Waals surface area contributed by atoms with Crippen LogP contribution in [0.25, 0.3) is 0 Å². The van der Waals surface area contributed by atoms with Crippen LogP contribution in [0.2, 0.25) is 0 Å². The second-order valence-corrected chi connectivity index (χ2v) is 4.47. The molecule has 13 heavy (non-hydrogen) atoms. The van der Waals surface area contributed by atoms with E-state index in [0.29, 0.717) is 0 Å². The van der Waals surface area contributed by atoms with Crippen LogP contribution in [0.4, 0.5) is 0 Å². The fraction of sp³-hybridized carbons (Fsp3) is 0.692. The lowest BCUT2D eigenvalue weighted by atomic mass is 9.76. The molecule has 1 unspecified atom stereocenters. The minimum atomic E-state index is 0.806. The lowest BCUT2D eigenvalue weighted by Crippen LogP contribution is -2.17. The van der Waals surface area contributed by atoms with Gasteiger partial charge in [0.1, 0.15) is 0 Å². The molecule has 0 aromatic carbocycles. The van der Waals surface area contributed by atoms with Crippen molar-refractivity contribution in [2.45, 2.75) is 45.4 Å². The van der Waals surface area contributed by atoms with Gasteiger partial charge in [-0.25, -0.2) is 0 Å². The number of allylic oxidation sites excluding steroid dienone is 4. The fourth-order valence-electron chi connectivity index (χ4n) is 2.26. The molecule has 0 aromatic rings. The largest absolute Gasteiger partial charge is 0.0771 e. The van der Waals surface area contributed by atoms with Crippen molar-refractivity contribution in [2.24, 2.45) is 11.8 Å². The molecular formula is C13H20. The highest BCUT2D eigenvalue weighted by atomic mass is 14.3. The van der Waals surface area contributed by atoms with Crippen molar-refractivity contribution in [3.05, 3.63) is 23.8 Å². The molecule has 0 bridgehead atoms. The van der Waals surface area contributed by atoms with Crippen LogP contribution in [-0.4, -0.2) is 0 Å². The van der Waals surface area contributed by atoms with E-state index in [0.717, 1.165) is 11.8 Å². The molecule has 1 atom stereocenters. The van der Waals surface area contributed by atoms with Gasteiger partial charge in [0.25, 0.3) is 0 Å². The van der Waals surface area contributed by atoms with Crippen LogP contribution < -0.4 is 0 Å². The van der Waals surface area contributed by atoms with E-state index in [2.05, 4.69) is 25.2 Å². The minimum absolute atomic E-state index is 0.806. The summed E-state index contributed by atoms with van der Waals surface area (Å²) in [5.74, 6) is 1.80. The van der Waals surface area contributed by atoms with Crippen molar-refractivity contribution in [3.8, 4) is 0 Å². The van der Waals surface area contributed by atoms with Gasteiger partial charge < -0.3 is 0 Å². The molecule has 0 heteroatoms. The first kappa shape index (κ1) is 9.05. The Labute approximate surface area is 81.7 Å². The van der Waals surface area contributed by atoms with Gasteiger partial charge in [0, 0.05) is 0 Å². The second-order valence-electron chi connectivity index (χ2n) is 4.47. The smallest absolute Gasteiger partial charge is 0.00162 e. The second kappa shape index (κ2) is 4.13. The molecule has 0 heterocycles. The summed E-state index contributed by atoms with van der Waals surface area (Å²) in [6, 6.07) is 0. The molecule has 0 N–H and O–H groups in total. The zero-order valence-electron chi connectivity index (χ0n) is 8.63. The van der Waals surface area contributed by atoms with Crippen LogP contribution in [0.15, 0.2) is 23.8 Å². The van der Waals surface area contributed by atoms with Crippen LogP contribution >= 0.6 is 0 Å². The van der Waals surface area contributed by atoms with Gasteiger partial charge in [-0.2, -0.15) is 0 Å². The van der Waals surface area contributed by atoms with E-state index in [1.807, 2.05) is 0 Å². The van der Waals surface area contributed by atoms with Crippen molar-refractivity contribution in [2.75, 3.05) is 0 Å². The molecule has 0 saturated heterocycles. The van der Waals surface area contributed by atoms with E-state index in [1.165, 1.54) is 38.5 Å². The van der Waals surface area contributed by atoms with Gasteiger partial charge in [-0.15, -0.1) is 0 Å². The van der Waals surface area contributed by atoms with E-state index in [-0.39, 0.29) is 0 Å². The first-order valence-electron chi connectivity index (χ1n) is 5.79. The SMILES string of the molecule is CCCCC1=CC(C2CCC2)C=C1. The molecule has 0 nitrogen and oxygen atoms in total. The van der Waals surface area contributed by atoms with E-state index in [4.69, 9.17) is 0 Å². The third-order valence-electron chi connectivity index (χ3n) is 3.45. The van der Waals surface area contributed by atoms with E-state index in [1.54, 1.807) is 5.57 Å². The summed E-state index contributed by atoms with van der Waals surface area (Å²) < 4.78 is 0. The van der Waals surface area contributed by atoms with Gasteiger partial charge in [0.2, 0.25) is 0 Å². The zero-order chi connectivity index (χ0) is 9.10. The molecule has 2 rings (SSSR count). The monoisotopic (exact) mass is 176 g/mol. The van der Waals surface area contributed by atoms with Gasteiger partial charge in [-0.3, -0.25) is 0 Å². The molecule has 2 aliphatic rings. The first-order valence-corrected chi connectivity index (χ1v) is 5.79. The molecule has 1 fully saturated rings. The predicted molar refractivity (Wildman–Crippen MR) is 57.6 cm³/mol. The number of rotatable bonds is 4. The molecule has 1 saturated carbocycles. The lowest BCUT2D eigenvalue weighted by molar-refractivity contribution is 0.274. The van der Waals surface area contributed by atoms with Gasteiger partial charge in [0.15, 0.2) is 0 Å². The number of hydrogen-bond donors (Lipinski definition) is 0. The van der Waals surface area contributed by atoms with Crippen molar-refractivity contribution in [1.82, 2.24) is 0 Å². The van der Waals surface area contributed by atoms with Crippen LogP contribution in [0.1, 0.15) is 45.4 Å². The summed E-state index contributed by atoms with van der Waals surface area (Å²) in [7, 11) is 0. The Morgan fingerprint density at radius 1 is 1.38 bits per heavy atom. The van der Waals surface area contributed by atoms with Gasteiger partial charge in [-0.05, 0) is 37.5 Å². The summed E-state index contributed by atoms with van der Waals surface area (Å²) >= 11 is 0. The predicted octanol–water partition coefficient (Wildman–Crippen LogP) is 4.09. The minimum Gasteiger partial charge on any atom is -0.0771 e. The van der Waals surface area contributed by atoms with Crippen LogP contribution in [0.3, 0.4) is 0 Å². The molecule has 0 radical (unpaired) electrons. The Morgan fingerprint density at radius 2 is 2.23 bits per heavy atom. The van der Waals surface area contributed by atoms with Crippen LogP contribution in [0, 0.1) is 11.8 Å². The third kappa shape index (κ3) is 2.04.